The highest BCUT2D eigenvalue weighted by Gasteiger charge is 2.47. The van der Waals surface area contributed by atoms with Gasteiger partial charge in [0.05, 0.1) is 32.9 Å². The number of likely N-dealkylation sites (tertiary alicyclic amines) is 1. The Labute approximate surface area is 175 Å². The molecule has 0 aromatic heterocycles. The van der Waals surface area contributed by atoms with Gasteiger partial charge in [0.2, 0.25) is 0 Å². The van der Waals surface area contributed by atoms with Crippen LogP contribution in [0.1, 0.15) is 30.5 Å². The third-order valence-corrected chi connectivity index (χ3v) is 5.10. The van der Waals surface area contributed by atoms with Gasteiger partial charge in [-0.05, 0) is 24.6 Å². The Morgan fingerprint density at radius 3 is 2.07 bits per heavy atom. The standard InChI is InChI=1S/C23H25NO6/c1-5-13-24-20(14-9-6-7-10-15(14)28-2)19(22(26)23(24)27)21(25)18-16(29-3)11-8-12-17(18)30-4/h6-12,20,25H,5,13H2,1-4H3/b21-19+. The molecule has 1 aliphatic heterocycles. The van der Waals surface area contributed by atoms with Crippen molar-refractivity contribution in [1.82, 2.24) is 4.90 Å². The summed E-state index contributed by atoms with van der Waals surface area (Å²) in [5.41, 5.74) is 0.806. The molecule has 1 aliphatic rings. The molecule has 1 amide bonds. The number of carbonyl (C=O) groups excluding carboxylic acids is 2. The summed E-state index contributed by atoms with van der Waals surface area (Å²) in [6, 6.07) is 11.4. The zero-order chi connectivity index (χ0) is 21.8. The molecular formula is C23H25NO6. The lowest BCUT2D eigenvalue weighted by Gasteiger charge is -2.26. The molecule has 158 valence electrons. The normalized spacial score (nSPS) is 17.9. The minimum absolute atomic E-state index is 0.0271. The number of hydrogen-bond acceptors (Lipinski definition) is 6. The second kappa shape index (κ2) is 8.90. The van der Waals surface area contributed by atoms with Crippen LogP contribution in [0, 0.1) is 0 Å². The van der Waals surface area contributed by atoms with Gasteiger partial charge >= 0.3 is 0 Å². The number of ether oxygens (including phenoxy) is 3. The largest absolute Gasteiger partial charge is 0.506 e. The van der Waals surface area contributed by atoms with E-state index < -0.39 is 17.7 Å². The lowest BCUT2D eigenvalue weighted by Crippen LogP contribution is -2.30. The Hall–Kier alpha value is -3.48. The lowest BCUT2D eigenvalue weighted by molar-refractivity contribution is -0.139. The van der Waals surface area contributed by atoms with Gasteiger partial charge in [-0.3, -0.25) is 9.59 Å². The highest BCUT2D eigenvalue weighted by atomic mass is 16.5. The molecule has 0 aliphatic carbocycles. The van der Waals surface area contributed by atoms with Crippen LogP contribution >= 0.6 is 0 Å². The minimum atomic E-state index is -0.796. The predicted octanol–water partition coefficient (Wildman–Crippen LogP) is 3.54. The maximum Gasteiger partial charge on any atom is 0.295 e. The fraction of sp³-hybridized carbons (Fsp3) is 0.304. The van der Waals surface area contributed by atoms with Gasteiger partial charge in [-0.25, -0.2) is 0 Å². The van der Waals surface area contributed by atoms with Crippen molar-refractivity contribution in [2.75, 3.05) is 27.9 Å². The molecule has 0 saturated carbocycles. The second-order valence-corrected chi connectivity index (χ2v) is 6.77. The summed E-state index contributed by atoms with van der Waals surface area (Å²) in [6.07, 6.45) is 0.649. The zero-order valence-electron chi connectivity index (χ0n) is 17.5. The van der Waals surface area contributed by atoms with E-state index in [0.717, 1.165) is 0 Å². The molecule has 1 unspecified atom stereocenters. The van der Waals surface area contributed by atoms with Crippen molar-refractivity contribution in [2.24, 2.45) is 0 Å². The molecule has 1 atom stereocenters. The Morgan fingerprint density at radius 1 is 0.933 bits per heavy atom. The number of para-hydroxylation sites is 1. The highest BCUT2D eigenvalue weighted by molar-refractivity contribution is 6.46. The van der Waals surface area contributed by atoms with Crippen molar-refractivity contribution >= 4 is 17.4 Å². The van der Waals surface area contributed by atoms with Gasteiger partial charge in [0.1, 0.15) is 28.6 Å². The fourth-order valence-electron chi connectivity index (χ4n) is 3.79. The Bertz CT molecular complexity index is 975. The molecule has 1 saturated heterocycles. The van der Waals surface area contributed by atoms with Gasteiger partial charge in [0, 0.05) is 12.1 Å². The van der Waals surface area contributed by atoms with Crippen LogP contribution in [-0.4, -0.2) is 49.6 Å². The summed E-state index contributed by atoms with van der Waals surface area (Å²) in [5, 5.41) is 11.3. The van der Waals surface area contributed by atoms with E-state index >= 15 is 0 Å². The summed E-state index contributed by atoms with van der Waals surface area (Å²) in [5.74, 6) is -0.604. The topological polar surface area (TPSA) is 85.3 Å². The van der Waals surface area contributed by atoms with E-state index in [9.17, 15) is 14.7 Å². The van der Waals surface area contributed by atoms with Gasteiger partial charge in [-0.2, -0.15) is 0 Å². The van der Waals surface area contributed by atoms with E-state index in [1.54, 1.807) is 42.5 Å². The van der Waals surface area contributed by atoms with Crippen molar-refractivity contribution in [2.45, 2.75) is 19.4 Å². The van der Waals surface area contributed by atoms with Crippen LogP contribution in [0.3, 0.4) is 0 Å². The Morgan fingerprint density at radius 2 is 1.50 bits per heavy atom. The molecule has 2 aromatic carbocycles. The van der Waals surface area contributed by atoms with Crippen molar-refractivity contribution in [3.05, 3.63) is 59.2 Å². The SMILES string of the molecule is CCCN1C(=O)C(=O)/C(=C(/O)c2c(OC)cccc2OC)C1c1ccccc1OC. The molecule has 7 heteroatoms. The molecule has 0 bridgehead atoms. The van der Waals surface area contributed by atoms with Crippen LogP contribution in [0.25, 0.3) is 5.76 Å². The average Bonchev–Trinajstić information content (AvgIpc) is 3.03. The minimum Gasteiger partial charge on any atom is -0.506 e. The zero-order valence-corrected chi connectivity index (χ0v) is 17.5. The number of ketones is 1. The number of Topliss-reactive ketones (excluding diaryl/α,β-unsaturated/α-hetero) is 1. The Kier molecular flexibility index (Phi) is 6.30. The first-order valence-electron chi connectivity index (χ1n) is 9.62. The number of nitrogens with zero attached hydrogens (tertiary/aromatic N) is 1. The van der Waals surface area contributed by atoms with Crippen LogP contribution in [0.2, 0.25) is 0 Å². The highest BCUT2D eigenvalue weighted by Crippen LogP contribution is 2.45. The van der Waals surface area contributed by atoms with Crippen molar-refractivity contribution in [3.8, 4) is 17.2 Å². The third-order valence-electron chi connectivity index (χ3n) is 5.10. The summed E-state index contributed by atoms with van der Waals surface area (Å²) in [4.78, 5) is 27.4. The summed E-state index contributed by atoms with van der Waals surface area (Å²) >= 11 is 0. The number of benzene rings is 2. The van der Waals surface area contributed by atoms with E-state index in [1.165, 1.54) is 26.2 Å². The molecular weight excluding hydrogens is 386 g/mol. The van der Waals surface area contributed by atoms with Crippen LogP contribution in [0.4, 0.5) is 0 Å². The van der Waals surface area contributed by atoms with Crippen LogP contribution in [0.5, 0.6) is 17.2 Å². The third kappa shape index (κ3) is 3.47. The first kappa shape index (κ1) is 21.2. The number of hydrogen-bond donors (Lipinski definition) is 1. The summed E-state index contributed by atoms with van der Waals surface area (Å²) < 4.78 is 16.2. The molecule has 3 rings (SSSR count). The van der Waals surface area contributed by atoms with E-state index in [1.807, 2.05) is 6.92 Å². The second-order valence-electron chi connectivity index (χ2n) is 6.77. The molecule has 1 N–H and O–H groups in total. The maximum atomic E-state index is 13.1. The first-order valence-corrected chi connectivity index (χ1v) is 9.62. The quantitative estimate of drug-likeness (QED) is 0.426. The Balaban J connectivity index is 2.33. The number of carbonyl (C=O) groups is 2. The summed E-state index contributed by atoms with van der Waals surface area (Å²) in [6.45, 7) is 2.27. The molecule has 2 aromatic rings. The molecule has 0 radical (unpaired) electrons. The van der Waals surface area contributed by atoms with Crippen molar-refractivity contribution in [1.29, 1.82) is 0 Å². The molecule has 0 spiro atoms. The number of aliphatic hydroxyl groups is 1. The van der Waals surface area contributed by atoms with Crippen LogP contribution < -0.4 is 14.2 Å². The smallest absolute Gasteiger partial charge is 0.295 e. The van der Waals surface area contributed by atoms with Crippen molar-refractivity contribution in [3.63, 3.8) is 0 Å². The van der Waals surface area contributed by atoms with E-state index in [4.69, 9.17) is 14.2 Å². The lowest BCUT2D eigenvalue weighted by atomic mass is 9.94. The van der Waals surface area contributed by atoms with Crippen molar-refractivity contribution < 1.29 is 28.9 Å². The molecule has 1 heterocycles. The van der Waals surface area contributed by atoms with Gasteiger partial charge in [0.15, 0.2) is 0 Å². The van der Waals surface area contributed by atoms with Gasteiger partial charge in [-0.15, -0.1) is 0 Å². The molecule has 7 nitrogen and oxygen atoms in total. The number of amides is 1. The maximum absolute atomic E-state index is 13.1. The number of methoxy groups -OCH3 is 3. The van der Waals surface area contributed by atoms with E-state index in [0.29, 0.717) is 35.8 Å². The van der Waals surface area contributed by atoms with E-state index in [-0.39, 0.29) is 16.9 Å². The van der Waals surface area contributed by atoms with Gasteiger partial charge in [-0.1, -0.05) is 31.2 Å². The van der Waals surface area contributed by atoms with Gasteiger partial charge < -0.3 is 24.2 Å². The summed E-state index contributed by atoms with van der Waals surface area (Å²) in [7, 11) is 4.44. The molecule has 1 fully saturated rings. The van der Waals surface area contributed by atoms with Crippen LogP contribution in [0.15, 0.2) is 48.0 Å². The average molecular weight is 411 g/mol. The fourth-order valence-corrected chi connectivity index (χ4v) is 3.79. The first-order chi connectivity index (χ1) is 14.5. The molecule has 30 heavy (non-hydrogen) atoms. The number of rotatable bonds is 7. The van der Waals surface area contributed by atoms with Gasteiger partial charge in [0.25, 0.3) is 11.7 Å². The van der Waals surface area contributed by atoms with Crippen LogP contribution in [-0.2, 0) is 9.59 Å². The monoisotopic (exact) mass is 411 g/mol. The van der Waals surface area contributed by atoms with E-state index in [2.05, 4.69) is 0 Å². The predicted molar refractivity (Wildman–Crippen MR) is 112 cm³/mol. The number of aliphatic hydroxyl groups excluding tert-OH is 1.